The summed E-state index contributed by atoms with van der Waals surface area (Å²) in [7, 11) is 0. The zero-order valence-electron chi connectivity index (χ0n) is 7.64. The molecule has 12 heavy (non-hydrogen) atoms. The predicted molar refractivity (Wildman–Crippen MR) is 47.8 cm³/mol. The van der Waals surface area contributed by atoms with Crippen LogP contribution in [0.3, 0.4) is 0 Å². The molecule has 1 amide bonds. The minimum absolute atomic E-state index is 0.00324. The lowest BCUT2D eigenvalue weighted by Crippen LogP contribution is -2.24. The van der Waals surface area contributed by atoms with Gasteiger partial charge in [0, 0.05) is 18.8 Å². The van der Waals surface area contributed by atoms with Crippen LogP contribution in [0.15, 0.2) is 12.3 Å². The summed E-state index contributed by atoms with van der Waals surface area (Å²) in [4.78, 5) is 13.8. The molecule has 2 N–H and O–H groups in total. The second kappa shape index (κ2) is 3.43. The Morgan fingerprint density at radius 3 is 2.75 bits per heavy atom. The maximum absolute atomic E-state index is 10.7. The Morgan fingerprint density at radius 1 is 1.67 bits per heavy atom. The van der Waals surface area contributed by atoms with E-state index in [4.69, 9.17) is 0 Å². The molecule has 0 aliphatic rings. The summed E-state index contributed by atoms with van der Waals surface area (Å²) in [5.41, 5.74) is 2.25. The minimum Gasteiger partial charge on any atom is -0.363 e. The lowest BCUT2D eigenvalue weighted by molar-refractivity contribution is -0.119. The third kappa shape index (κ3) is 1.87. The molecular formula is C9H14N2O. The van der Waals surface area contributed by atoms with E-state index in [2.05, 4.69) is 10.3 Å². The van der Waals surface area contributed by atoms with Gasteiger partial charge in [-0.15, -0.1) is 0 Å². The van der Waals surface area contributed by atoms with E-state index in [1.54, 1.807) is 0 Å². The first-order valence-corrected chi connectivity index (χ1v) is 4.02. The molecule has 66 valence electrons. The zero-order valence-corrected chi connectivity index (χ0v) is 7.64. The SMILES string of the molecule is CC(=O)NC(C)c1[nH]ccc1C. The molecular weight excluding hydrogens is 152 g/mol. The number of carbonyl (C=O) groups excluding carboxylic acids is 1. The van der Waals surface area contributed by atoms with Crippen molar-refractivity contribution in [3.05, 3.63) is 23.5 Å². The van der Waals surface area contributed by atoms with E-state index in [1.165, 1.54) is 12.5 Å². The van der Waals surface area contributed by atoms with Gasteiger partial charge < -0.3 is 10.3 Å². The Hall–Kier alpha value is -1.25. The van der Waals surface area contributed by atoms with Gasteiger partial charge in [0.1, 0.15) is 0 Å². The summed E-state index contributed by atoms with van der Waals surface area (Å²) in [5, 5.41) is 2.82. The minimum atomic E-state index is -0.00324. The Morgan fingerprint density at radius 2 is 2.33 bits per heavy atom. The van der Waals surface area contributed by atoms with Gasteiger partial charge in [0.05, 0.1) is 6.04 Å². The second-order valence-electron chi connectivity index (χ2n) is 3.00. The monoisotopic (exact) mass is 166 g/mol. The molecule has 0 bridgehead atoms. The number of aromatic amines is 1. The molecule has 0 spiro atoms. The topological polar surface area (TPSA) is 44.9 Å². The van der Waals surface area contributed by atoms with E-state index in [9.17, 15) is 4.79 Å². The van der Waals surface area contributed by atoms with Crippen LogP contribution in [0.5, 0.6) is 0 Å². The molecule has 1 aromatic heterocycles. The first-order valence-electron chi connectivity index (χ1n) is 4.02. The van der Waals surface area contributed by atoms with E-state index in [1.807, 2.05) is 26.1 Å². The van der Waals surface area contributed by atoms with Crippen molar-refractivity contribution in [1.29, 1.82) is 0 Å². The average molecular weight is 166 g/mol. The molecule has 1 unspecified atom stereocenters. The molecule has 0 radical (unpaired) electrons. The number of aromatic nitrogens is 1. The number of nitrogens with one attached hydrogen (secondary N) is 2. The summed E-state index contributed by atoms with van der Waals surface area (Å²) < 4.78 is 0. The first-order chi connectivity index (χ1) is 5.61. The van der Waals surface area contributed by atoms with Gasteiger partial charge in [-0.05, 0) is 25.5 Å². The number of carbonyl (C=O) groups is 1. The molecule has 0 aliphatic carbocycles. The third-order valence-corrected chi connectivity index (χ3v) is 1.85. The van der Waals surface area contributed by atoms with Crippen LogP contribution in [-0.2, 0) is 4.79 Å². The summed E-state index contributed by atoms with van der Waals surface area (Å²) in [5.74, 6) is -0.00324. The lowest BCUT2D eigenvalue weighted by Gasteiger charge is -2.11. The molecule has 0 aromatic carbocycles. The predicted octanol–water partition coefficient (Wildman–Crippen LogP) is 1.52. The molecule has 3 heteroatoms. The number of aryl methyl sites for hydroxylation is 1. The van der Waals surface area contributed by atoms with Crippen LogP contribution < -0.4 is 5.32 Å². The van der Waals surface area contributed by atoms with Gasteiger partial charge in [-0.25, -0.2) is 0 Å². The Balaban J connectivity index is 2.71. The standard InChI is InChI=1S/C9H14N2O/c1-6-4-5-10-9(6)7(2)11-8(3)12/h4-5,7,10H,1-3H3,(H,11,12). The van der Waals surface area contributed by atoms with Crippen molar-refractivity contribution in [1.82, 2.24) is 10.3 Å². The van der Waals surface area contributed by atoms with Gasteiger partial charge in [-0.3, -0.25) is 4.79 Å². The number of H-pyrrole nitrogens is 1. The van der Waals surface area contributed by atoms with E-state index in [0.717, 1.165) is 5.69 Å². The summed E-state index contributed by atoms with van der Waals surface area (Å²) in [6.07, 6.45) is 1.88. The van der Waals surface area contributed by atoms with Crippen LogP contribution in [0.25, 0.3) is 0 Å². The van der Waals surface area contributed by atoms with Crippen LogP contribution in [0.2, 0.25) is 0 Å². The largest absolute Gasteiger partial charge is 0.363 e. The Bertz CT molecular complexity index is 278. The van der Waals surface area contributed by atoms with Gasteiger partial charge in [-0.1, -0.05) is 0 Å². The van der Waals surface area contributed by atoms with Crippen molar-refractivity contribution in [2.45, 2.75) is 26.8 Å². The van der Waals surface area contributed by atoms with Crippen LogP contribution in [0, 0.1) is 6.92 Å². The highest BCUT2D eigenvalue weighted by molar-refractivity contribution is 5.73. The maximum atomic E-state index is 10.7. The first kappa shape index (κ1) is 8.84. The van der Waals surface area contributed by atoms with Gasteiger partial charge in [0.25, 0.3) is 0 Å². The normalized spacial score (nSPS) is 12.6. The third-order valence-electron chi connectivity index (χ3n) is 1.85. The fraction of sp³-hybridized carbons (Fsp3) is 0.444. The zero-order chi connectivity index (χ0) is 9.14. The lowest BCUT2D eigenvalue weighted by atomic mass is 10.1. The number of hydrogen-bond acceptors (Lipinski definition) is 1. The van der Waals surface area contributed by atoms with Crippen LogP contribution >= 0.6 is 0 Å². The molecule has 0 saturated heterocycles. The molecule has 1 rings (SSSR count). The van der Waals surface area contributed by atoms with E-state index in [-0.39, 0.29) is 11.9 Å². The number of amides is 1. The number of rotatable bonds is 2. The second-order valence-corrected chi connectivity index (χ2v) is 3.00. The fourth-order valence-electron chi connectivity index (χ4n) is 1.30. The van der Waals surface area contributed by atoms with Crippen molar-refractivity contribution >= 4 is 5.91 Å². The van der Waals surface area contributed by atoms with E-state index in [0.29, 0.717) is 0 Å². The smallest absolute Gasteiger partial charge is 0.217 e. The van der Waals surface area contributed by atoms with E-state index >= 15 is 0 Å². The van der Waals surface area contributed by atoms with E-state index < -0.39 is 0 Å². The van der Waals surface area contributed by atoms with Crippen LogP contribution in [0.1, 0.15) is 31.1 Å². The Labute approximate surface area is 72.2 Å². The summed E-state index contributed by atoms with van der Waals surface area (Å²) in [6, 6.07) is 2.06. The van der Waals surface area contributed by atoms with Crippen molar-refractivity contribution < 1.29 is 4.79 Å². The van der Waals surface area contributed by atoms with Crippen molar-refractivity contribution in [3.8, 4) is 0 Å². The van der Waals surface area contributed by atoms with Gasteiger partial charge in [0.2, 0.25) is 5.91 Å². The van der Waals surface area contributed by atoms with Crippen molar-refractivity contribution in [2.75, 3.05) is 0 Å². The average Bonchev–Trinajstić information content (AvgIpc) is 2.33. The van der Waals surface area contributed by atoms with Gasteiger partial charge in [0.15, 0.2) is 0 Å². The molecule has 1 aromatic rings. The Kier molecular flexibility index (Phi) is 2.53. The summed E-state index contributed by atoms with van der Waals surface area (Å²) in [6.45, 7) is 5.50. The molecule has 0 fully saturated rings. The quantitative estimate of drug-likeness (QED) is 0.687. The molecule has 0 aliphatic heterocycles. The summed E-state index contributed by atoms with van der Waals surface area (Å²) >= 11 is 0. The van der Waals surface area contributed by atoms with Gasteiger partial charge in [-0.2, -0.15) is 0 Å². The van der Waals surface area contributed by atoms with Crippen molar-refractivity contribution in [3.63, 3.8) is 0 Å². The molecule has 3 nitrogen and oxygen atoms in total. The maximum Gasteiger partial charge on any atom is 0.217 e. The highest BCUT2D eigenvalue weighted by Crippen LogP contribution is 2.13. The van der Waals surface area contributed by atoms with Gasteiger partial charge >= 0.3 is 0 Å². The fourth-order valence-corrected chi connectivity index (χ4v) is 1.30. The molecule has 1 heterocycles. The highest BCUT2D eigenvalue weighted by Gasteiger charge is 2.09. The highest BCUT2D eigenvalue weighted by atomic mass is 16.1. The molecule has 1 atom stereocenters. The molecule has 0 saturated carbocycles. The van der Waals surface area contributed by atoms with Crippen molar-refractivity contribution in [2.24, 2.45) is 0 Å². The van der Waals surface area contributed by atoms with Crippen LogP contribution in [0.4, 0.5) is 0 Å². The number of hydrogen-bond donors (Lipinski definition) is 2. The van der Waals surface area contributed by atoms with Crippen LogP contribution in [-0.4, -0.2) is 10.9 Å².